The first-order valence-electron chi connectivity index (χ1n) is 7.61. The predicted octanol–water partition coefficient (Wildman–Crippen LogP) is 4.30. The van der Waals surface area contributed by atoms with Crippen molar-refractivity contribution in [1.82, 2.24) is 0 Å². The Labute approximate surface area is 149 Å². The lowest BCUT2D eigenvalue weighted by atomic mass is 10.1. The van der Waals surface area contributed by atoms with Crippen LogP contribution in [0.2, 0.25) is 5.02 Å². The first-order chi connectivity index (χ1) is 12.0. The number of ether oxygens (including phenoxy) is 2. The average molecular weight is 365 g/mol. The molecule has 0 aromatic heterocycles. The van der Waals surface area contributed by atoms with E-state index in [1.807, 2.05) is 6.92 Å². The number of benzene rings is 2. The van der Waals surface area contributed by atoms with Crippen molar-refractivity contribution < 1.29 is 19.2 Å². The van der Waals surface area contributed by atoms with Gasteiger partial charge in [0.15, 0.2) is 11.5 Å². The summed E-state index contributed by atoms with van der Waals surface area (Å²) >= 11 is 6.19. The standard InChI is InChI=1S/C17H17ClN2O5/c1-3-24-15-9-11(8-14(18)16(15)25-4-2)17(21)19-12-6-5-7-13(10-12)20(22)23/h5-10H,3-4H2,1-2H3,(H,19,21). The van der Waals surface area contributed by atoms with Crippen LogP contribution >= 0.6 is 11.6 Å². The van der Waals surface area contributed by atoms with E-state index in [4.69, 9.17) is 21.1 Å². The molecule has 0 aliphatic heterocycles. The Balaban J connectivity index is 2.29. The smallest absolute Gasteiger partial charge is 0.271 e. The molecule has 0 heterocycles. The molecular weight excluding hydrogens is 348 g/mol. The van der Waals surface area contributed by atoms with Crippen LogP contribution in [0.15, 0.2) is 36.4 Å². The number of carbonyl (C=O) groups is 1. The summed E-state index contributed by atoms with van der Waals surface area (Å²) in [5.41, 5.74) is 0.447. The molecule has 1 amide bonds. The average Bonchev–Trinajstić information content (AvgIpc) is 2.58. The first kappa shape index (κ1) is 18.5. The number of hydrogen-bond donors (Lipinski definition) is 1. The van der Waals surface area contributed by atoms with E-state index >= 15 is 0 Å². The van der Waals surface area contributed by atoms with Gasteiger partial charge in [-0.05, 0) is 32.0 Å². The molecule has 0 aliphatic rings. The highest BCUT2D eigenvalue weighted by Crippen LogP contribution is 2.37. The number of non-ortho nitro benzene ring substituents is 1. The van der Waals surface area contributed by atoms with Crippen molar-refractivity contribution in [3.8, 4) is 11.5 Å². The fourth-order valence-corrected chi connectivity index (χ4v) is 2.41. The summed E-state index contributed by atoms with van der Waals surface area (Å²) in [6.45, 7) is 4.40. The molecule has 132 valence electrons. The minimum atomic E-state index is -0.531. The molecule has 1 N–H and O–H groups in total. The van der Waals surface area contributed by atoms with Crippen LogP contribution in [-0.2, 0) is 0 Å². The molecule has 0 fully saturated rings. The number of nitrogens with one attached hydrogen (secondary N) is 1. The van der Waals surface area contributed by atoms with Crippen molar-refractivity contribution in [1.29, 1.82) is 0 Å². The van der Waals surface area contributed by atoms with E-state index in [0.717, 1.165) is 0 Å². The molecule has 0 bridgehead atoms. The fourth-order valence-electron chi connectivity index (χ4n) is 2.15. The van der Waals surface area contributed by atoms with Gasteiger partial charge < -0.3 is 14.8 Å². The monoisotopic (exact) mass is 364 g/mol. The van der Waals surface area contributed by atoms with Gasteiger partial charge in [-0.2, -0.15) is 0 Å². The van der Waals surface area contributed by atoms with Gasteiger partial charge >= 0.3 is 0 Å². The highest BCUT2D eigenvalue weighted by molar-refractivity contribution is 6.32. The summed E-state index contributed by atoms with van der Waals surface area (Å²) in [4.78, 5) is 22.7. The molecule has 2 aromatic carbocycles. The molecule has 0 atom stereocenters. The Morgan fingerprint density at radius 3 is 2.56 bits per heavy atom. The normalized spacial score (nSPS) is 10.2. The van der Waals surface area contributed by atoms with E-state index in [1.54, 1.807) is 13.0 Å². The molecule has 0 unspecified atom stereocenters. The molecule has 0 aliphatic carbocycles. The van der Waals surface area contributed by atoms with Gasteiger partial charge in [0.2, 0.25) is 0 Å². The third-order valence-corrected chi connectivity index (χ3v) is 3.46. The molecule has 0 spiro atoms. The Morgan fingerprint density at radius 1 is 1.20 bits per heavy atom. The van der Waals surface area contributed by atoms with Gasteiger partial charge in [0.05, 0.1) is 23.2 Å². The Kier molecular flexibility index (Phi) is 6.19. The zero-order valence-electron chi connectivity index (χ0n) is 13.7. The van der Waals surface area contributed by atoms with Crippen molar-refractivity contribution in [2.24, 2.45) is 0 Å². The lowest BCUT2D eigenvalue weighted by Crippen LogP contribution is -2.13. The number of carbonyl (C=O) groups excluding carboxylic acids is 1. The number of halogens is 1. The Morgan fingerprint density at radius 2 is 1.92 bits per heavy atom. The van der Waals surface area contributed by atoms with E-state index in [2.05, 4.69) is 5.32 Å². The molecule has 2 aromatic rings. The second-order valence-corrected chi connectivity index (χ2v) is 5.32. The quantitative estimate of drug-likeness (QED) is 0.584. The Hall–Kier alpha value is -2.80. The topological polar surface area (TPSA) is 90.7 Å². The van der Waals surface area contributed by atoms with Crippen LogP contribution in [0.5, 0.6) is 11.5 Å². The van der Waals surface area contributed by atoms with Crippen LogP contribution in [0.3, 0.4) is 0 Å². The van der Waals surface area contributed by atoms with Crippen LogP contribution in [0, 0.1) is 10.1 Å². The van der Waals surface area contributed by atoms with Crippen LogP contribution in [0.1, 0.15) is 24.2 Å². The molecule has 25 heavy (non-hydrogen) atoms. The zero-order valence-corrected chi connectivity index (χ0v) is 14.5. The molecular formula is C17H17ClN2O5. The summed E-state index contributed by atoms with van der Waals surface area (Å²) < 4.78 is 10.9. The van der Waals surface area contributed by atoms with E-state index in [0.29, 0.717) is 30.4 Å². The fraction of sp³-hybridized carbons (Fsp3) is 0.235. The van der Waals surface area contributed by atoms with Gasteiger partial charge in [-0.3, -0.25) is 14.9 Å². The number of rotatable bonds is 7. The summed E-state index contributed by atoms with van der Waals surface area (Å²) in [7, 11) is 0. The maximum Gasteiger partial charge on any atom is 0.271 e. The van der Waals surface area contributed by atoms with Crippen LogP contribution in [0.4, 0.5) is 11.4 Å². The van der Waals surface area contributed by atoms with Gasteiger partial charge in [0, 0.05) is 23.4 Å². The van der Waals surface area contributed by atoms with Crippen molar-refractivity contribution in [3.63, 3.8) is 0 Å². The van der Waals surface area contributed by atoms with E-state index in [1.165, 1.54) is 30.3 Å². The van der Waals surface area contributed by atoms with Gasteiger partial charge in [-0.1, -0.05) is 17.7 Å². The minimum Gasteiger partial charge on any atom is -0.490 e. The summed E-state index contributed by atoms with van der Waals surface area (Å²) in [5, 5.41) is 13.7. The maximum atomic E-state index is 12.4. The van der Waals surface area contributed by atoms with Crippen molar-refractivity contribution >= 4 is 28.9 Å². The van der Waals surface area contributed by atoms with Gasteiger partial charge in [-0.15, -0.1) is 0 Å². The van der Waals surface area contributed by atoms with Crippen molar-refractivity contribution in [2.75, 3.05) is 18.5 Å². The molecule has 0 saturated carbocycles. The number of amides is 1. The molecule has 2 rings (SSSR count). The first-order valence-corrected chi connectivity index (χ1v) is 7.99. The molecule has 0 saturated heterocycles. The zero-order chi connectivity index (χ0) is 18.4. The second kappa shape index (κ2) is 8.34. The SMILES string of the molecule is CCOc1cc(C(=O)Nc2cccc([N+](=O)[O-])c2)cc(Cl)c1OCC. The highest BCUT2D eigenvalue weighted by atomic mass is 35.5. The lowest BCUT2D eigenvalue weighted by molar-refractivity contribution is -0.384. The highest BCUT2D eigenvalue weighted by Gasteiger charge is 2.17. The summed E-state index contributed by atoms with van der Waals surface area (Å²) in [5.74, 6) is 0.269. The number of anilines is 1. The molecule has 8 heteroatoms. The van der Waals surface area contributed by atoms with Crippen molar-refractivity contribution in [3.05, 3.63) is 57.1 Å². The van der Waals surface area contributed by atoms with Crippen LogP contribution in [0.25, 0.3) is 0 Å². The summed E-state index contributed by atoms with van der Waals surface area (Å²) in [6, 6.07) is 8.65. The number of nitro benzene ring substituents is 1. The van der Waals surface area contributed by atoms with Gasteiger partial charge in [-0.25, -0.2) is 0 Å². The lowest BCUT2D eigenvalue weighted by Gasteiger charge is -2.14. The predicted molar refractivity (Wildman–Crippen MR) is 94.8 cm³/mol. The third kappa shape index (κ3) is 4.60. The third-order valence-electron chi connectivity index (χ3n) is 3.18. The number of hydrogen-bond acceptors (Lipinski definition) is 5. The van der Waals surface area contributed by atoms with Gasteiger partial charge in [0.25, 0.3) is 11.6 Å². The van der Waals surface area contributed by atoms with E-state index in [-0.39, 0.29) is 16.3 Å². The van der Waals surface area contributed by atoms with Crippen LogP contribution < -0.4 is 14.8 Å². The number of nitro groups is 1. The van der Waals surface area contributed by atoms with E-state index < -0.39 is 10.8 Å². The van der Waals surface area contributed by atoms with Crippen molar-refractivity contribution in [2.45, 2.75) is 13.8 Å². The summed E-state index contributed by atoms with van der Waals surface area (Å²) in [6.07, 6.45) is 0. The van der Waals surface area contributed by atoms with E-state index in [9.17, 15) is 14.9 Å². The maximum absolute atomic E-state index is 12.4. The second-order valence-electron chi connectivity index (χ2n) is 4.91. The van der Waals surface area contributed by atoms with Gasteiger partial charge in [0.1, 0.15) is 0 Å². The Bertz CT molecular complexity index is 795. The minimum absolute atomic E-state index is 0.113. The number of nitrogens with zero attached hydrogens (tertiary/aromatic N) is 1. The largest absolute Gasteiger partial charge is 0.490 e. The van der Waals surface area contributed by atoms with Crippen LogP contribution in [-0.4, -0.2) is 24.0 Å². The molecule has 0 radical (unpaired) electrons. The molecule has 7 nitrogen and oxygen atoms in total.